The largest absolute Gasteiger partial charge is 0.380 e. The van der Waals surface area contributed by atoms with Crippen molar-refractivity contribution in [1.29, 1.82) is 0 Å². The molecule has 0 aliphatic rings. The van der Waals surface area contributed by atoms with Crippen LogP contribution in [0.3, 0.4) is 0 Å². The first-order chi connectivity index (χ1) is 9.19. The maximum atomic E-state index is 11.6. The van der Waals surface area contributed by atoms with Crippen molar-refractivity contribution in [1.82, 2.24) is 5.32 Å². The van der Waals surface area contributed by atoms with Gasteiger partial charge in [0.05, 0.1) is 4.34 Å². The van der Waals surface area contributed by atoms with Gasteiger partial charge >= 0.3 is 0 Å². The quantitative estimate of drug-likeness (QED) is 0.881. The summed E-state index contributed by atoms with van der Waals surface area (Å²) in [4.78, 5) is 12.8. The molecule has 0 spiro atoms. The zero-order valence-corrected chi connectivity index (χ0v) is 12.1. The monoisotopic (exact) mass is 294 g/mol. The fourth-order valence-electron chi connectivity index (χ4n) is 1.64. The van der Waals surface area contributed by atoms with Crippen molar-refractivity contribution in [2.75, 3.05) is 11.9 Å². The van der Waals surface area contributed by atoms with Gasteiger partial charge in [0.15, 0.2) is 0 Å². The van der Waals surface area contributed by atoms with Gasteiger partial charge in [-0.3, -0.25) is 4.79 Å². The van der Waals surface area contributed by atoms with Gasteiger partial charge in [-0.1, -0.05) is 11.6 Å². The molecule has 0 saturated carbocycles. The van der Waals surface area contributed by atoms with Crippen LogP contribution < -0.4 is 10.6 Å². The number of anilines is 1. The summed E-state index contributed by atoms with van der Waals surface area (Å²) in [7, 11) is 0. The van der Waals surface area contributed by atoms with Gasteiger partial charge in [-0.05, 0) is 43.3 Å². The van der Waals surface area contributed by atoms with E-state index in [1.54, 1.807) is 11.3 Å². The van der Waals surface area contributed by atoms with Gasteiger partial charge in [-0.2, -0.15) is 0 Å². The van der Waals surface area contributed by atoms with Crippen molar-refractivity contribution < 1.29 is 4.79 Å². The minimum absolute atomic E-state index is 0.0425. The predicted molar refractivity (Wildman–Crippen MR) is 81.1 cm³/mol. The summed E-state index contributed by atoms with van der Waals surface area (Å²) in [6, 6.07) is 11.3. The molecule has 5 heteroatoms. The Balaban J connectivity index is 1.93. The predicted octanol–water partition coefficient (Wildman–Crippen LogP) is 3.76. The molecule has 1 amide bonds. The van der Waals surface area contributed by atoms with E-state index in [0.29, 0.717) is 12.1 Å². The Kier molecular flexibility index (Phi) is 4.82. The van der Waals surface area contributed by atoms with Gasteiger partial charge < -0.3 is 10.6 Å². The fourth-order valence-corrected chi connectivity index (χ4v) is 2.67. The molecule has 19 heavy (non-hydrogen) atoms. The van der Waals surface area contributed by atoms with E-state index in [9.17, 15) is 4.79 Å². The van der Waals surface area contributed by atoms with Gasteiger partial charge in [0.1, 0.15) is 0 Å². The molecule has 0 saturated heterocycles. The second kappa shape index (κ2) is 6.59. The van der Waals surface area contributed by atoms with Gasteiger partial charge in [0, 0.05) is 29.2 Å². The highest BCUT2D eigenvalue weighted by molar-refractivity contribution is 7.16. The van der Waals surface area contributed by atoms with Crippen LogP contribution in [0.15, 0.2) is 36.4 Å². The Bertz CT molecular complexity index is 551. The molecule has 1 aromatic heterocycles. The molecule has 100 valence electrons. The van der Waals surface area contributed by atoms with Gasteiger partial charge in [0.25, 0.3) is 5.91 Å². The topological polar surface area (TPSA) is 41.1 Å². The smallest absolute Gasteiger partial charge is 0.251 e. The van der Waals surface area contributed by atoms with Crippen LogP contribution in [0.2, 0.25) is 4.34 Å². The standard InChI is InChI=1S/C14H15ClN2OS/c1-2-16-14(18)10-3-5-11(6-4-10)17-9-12-7-8-13(15)19-12/h3-8,17H,2,9H2,1H3,(H,16,18). The first-order valence-electron chi connectivity index (χ1n) is 6.05. The van der Waals surface area contributed by atoms with Crippen LogP contribution in [0.4, 0.5) is 5.69 Å². The first kappa shape index (κ1) is 13.9. The van der Waals surface area contributed by atoms with E-state index in [1.165, 1.54) is 4.88 Å². The second-order valence-corrected chi connectivity index (χ2v) is 5.80. The SMILES string of the molecule is CCNC(=O)c1ccc(NCc2ccc(Cl)s2)cc1. The molecule has 2 N–H and O–H groups in total. The van der Waals surface area contributed by atoms with Crippen molar-refractivity contribution in [3.63, 3.8) is 0 Å². The zero-order chi connectivity index (χ0) is 13.7. The minimum Gasteiger partial charge on any atom is -0.380 e. The van der Waals surface area contributed by atoms with E-state index in [1.807, 2.05) is 43.3 Å². The van der Waals surface area contributed by atoms with Crippen LogP contribution in [0.5, 0.6) is 0 Å². The molecule has 2 rings (SSSR count). The van der Waals surface area contributed by atoms with Gasteiger partial charge in [-0.15, -0.1) is 11.3 Å². The lowest BCUT2D eigenvalue weighted by molar-refractivity contribution is 0.0956. The summed E-state index contributed by atoms with van der Waals surface area (Å²) in [5.74, 6) is -0.0425. The number of amides is 1. The maximum absolute atomic E-state index is 11.6. The summed E-state index contributed by atoms with van der Waals surface area (Å²) in [6.45, 7) is 3.27. The molecule has 0 atom stereocenters. The van der Waals surface area contributed by atoms with E-state index in [2.05, 4.69) is 10.6 Å². The highest BCUT2D eigenvalue weighted by Crippen LogP contribution is 2.22. The number of nitrogens with one attached hydrogen (secondary N) is 2. The Morgan fingerprint density at radius 3 is 2.53 bits per heavy atom. The Labute approximate surface area is 121 Å². The number of benzene rings is 1. The molecule has 0 fully saturated rings. The molecule has 0 bridgehead atoms. The van der Waals surface area contributed by atoms with Crippen LogP contribution in [-0.4, -0.2) is 12.5 Å². The molecule has 2 aromatic rings. The molecule has 3 nitrogen and oxygen atoms in total. The van der Waals surface area contributed by atoms with Crippen molar-refractivity contribution in [3.05, 3.63) is 51.2 Å². The number of thiophene rings is 1. The summed E-state index contributed by atoms with van der Waals surface area (Å²) >= 11 is 7.43. The minimum atomic E-state index is -0.0425. The third kappa shape index (κ3) is 3.98. The summed E-state index contributed by atoms with van der Waals surface area (Å²) in [5.41, 5.74) is 1.66. The van der Waals surface area contributed by atoms with Crippen LogP contribution in [-0.2, 0) is 6.54 Å². The van der Waals surface area contributed by atoms with E-state index in [0.717, 1.165) is 16.6 Å². The Morgan fingerprint density at radius 1 is 1.21 bits per heavy atom. The van der Waals surface area contributed by atoms with E-state index in [-0.39, 0.29) is 5.91 Å². The van der Waals surface area contributed by atoms with Crippen molar-refractivity contribution in [2.24, 2.45) is 0 Å². The normalized spacial score (nSPS) is 10.2. The average Bonchev–Trinajstić information content (AvgIpc) is 2.83. The molecule has 0 aliphatic carbocycles. The van der Waals surface area contributed by atoms with Crippen LogP contribution in [0.1, 0.15) is 22.2 Å². The van der Waals surface area contributed by atoms with E-state index >= 15 is 0 Å². The number of hydrogen-bond acceptors (Lipinski definition) is 3. The Morgan fingerprint density at radius 2 is 1.95 bits per heavy atom. The van der Waals surface area contributed by atoms with Gasteiger partial charge in [0.2, 0.25) is 0 Å². The van der Waals surface area contributed by atoms with E-state index in [4.69, 9.17) is 11.6 Å². The number of hydrogen-bond donors (Lipinski definition) is 2. The highest BCUT2D eigenvalue weighted by atomic mass is 35.5. The number of rotatable bonds is 5. The van der Waals surface area contributed by atoms with Crippen LogP contribution in [0.25, 0.3) is 0 Å². The lowest BCUT2D eigenvalue weighted by Crippen LogP contribution is -2.22. The fraction of sp³-hybridized carbons (Fsp3) is 0.214. The lowest BCUT2D eigenvalue weighted by Gasteiger charge is -2.06. The Hall–Kier alpha value is -1.52. The number of carbonyl (C=O) groups excluding carboxylic acids is 1. The first-order valence-corrected chi connectivity index (χ1v) is 7.25. The third-order valence-electron chi connectivity index (χ3n) is 2.58. The van der Waals surface area contributed by atoms with Gasteiger partial charge in [-0.25, -0.2) is 0 Å². The summed E-state index contributed by atoms with van der Waals surface area (Å²) < 4.78 is 0.795. The van der Waals surface area contributed by atoms with Crippen molar-refractivity contribution in [3.8, 4) is 0 Å². The molecular formula is C14H15ClN2OS. The molecule has 0 radical (unpaired) electrons. The average molecular weight is 295 g/mol. The van der Waals surface area contributed by atoms with Crippen LogP contribution in [0, 0.1) is 0 Å². The lowest BCUT2D eigenvalue weighted by atomic mass is 10.2. The molecule has 0 unspecified atom stereocenters. The number of carbonyl (C=O) groups is 1. The zero-order valence-electron chi connectivity index (χ0n) is 10.6. The second-order valence-electron chi connectivity index (χ2n) is 4.00. The molecule has 1 aromatic carbocycles. The van der Waals surface area contributed by atoms with Crippen LogP contribution >= 0.6 is 22.9 Å². The van der Waals surface area contributed by atoms with Crippen molar-refractivity contribution in [2.45, 2.75) is 13.5 Å². The van der Waals surface area contributed by atoms with Crippen molar-refractivity contribution >= 4 is 34.5 Å². The molecule has 0 aliphatic heterocycles. The summed E-state index contributed by atoms with van der Waals surface area (Å²) in [5, 5.41) is 6.06. The van der Waals surface area contributed by atoms with E-state index < -0.39 is 0 Å². The third-order valence-corrected chi connectivity index (χ3v) is 3.81. The maximum Gasteiger partial charge on any atom is 0.251 e. The summed E-state index contributed by atoms with van der Waals surface area (Å²) in [6.07, 6.45) is 0. The highest BCUT2D eigenvalue weighted by Gasteiger charge is 2.03. The molecule has 1 heterocycles. The molecular weight excluding hydrogens is 280 g/mol. The number of halogens is 1.